The molecule has 0 saturated carbocycles. The van der Waals surface area contributed by atoms with Gasteiger partial charge in [0.2, 0.25) is 0 Å². The van der Waals surface area contributed by atoms with E-state index in [0.717, 1.165) is 5.01 Å². The van der Waals surface area contributed by atoms with Crippen LogP contribution in [-0.4, -0.2) is 55.2 Å². The Balaban J connectivity index is 2.22. The molecule has 0 radical (unpaired) electrons. The number of aryl methyl sites for hydroxylation is 1. The molecule has 1 aromatic heterocycles. The van der Waals surface area contributed by atoms with Gasteiger partial charge < -0.3 is 9.84 Å². The first-order chi connectivity index (χ1) is 8.48. The zero-order valence-electron chi connectivity index (χ0n) is 10.2. The molecule has 2 heterocycles. The van der Waals surface area contributed by atoms with E-state index in [2.05, 4.69) is 4.98 Å². The van der Waals surface area contributed by atoms with Crippen molar-refractivity contribution in [2.24, 2.45) is 0 Å². The minimum atomic E-state index is -3.55. The Hall–Kier alpha value is -0.540. The van der Waals surface area contributed by atoms with E-state index in [1.165, 1.54) is 28.9 Å². The number of β-amino-alcohol motifs (C(OH)–C–C–N with tert-alkyl or cyclic N) is 1. The predicted molar refractivity (Wildman–Crippen MR) is 67.1 cm³/mol. The number of hydrogen-bond acceptors (Lipinski definition) is 6. The molecule has 6 nitrogen and oxygen atoms in total. The van der Waals surface area contributed by atoms with E-state index in [1.807, 2.05) is 6.92 Å². The molecule has 0 amide bonds. The Morgan fingerprint density at radius 1 is 1.61 bits per heavy atom. The fourth-order valence-corrected chi connectivity index (χ4v) is 4.60. The summed E-state index contributed by atoms with van der Waals surface area (Å²) < 4.78 is 31.1. The molecule has 2 atom stereocenters. The van der Waals surface area contributed by atoms with E-state index in [1.54, 1.807) is 0 Å². The Morgan fingerprint density at radius 2 is 2.33 bits per heavy atom. The maximum absolute atomic E-state index is 12.3. The molecular formula is C10H16N2O4S2. The van der Waals surface area contributed by atoms with Crippen LogP contribution >= 0.6 is 11.3 Å². The molecule has 1 fully saturated rings. The molecule has 1 N–H and O–H groups in total. The van der Waals surface area contributed by atoms with Crippen molar-refractivity contribution in [1.29, 1.82) is 0 Å². The smallest absolute Gasteiger partial charge is 0.254 e. The molecule has 1 aromatic rings. The lowest BCUT2D eigenvalue weighted by Gasteiger charge is -2.13. The SMILES string of the molecule is CCc1ncc(S(=O)(=O)N2C[C@@H](O)[C@H](OC)C2)s1. The molecule has 102 valence electrons. The van der Waals surface area contributed by atoms with E-state index in [4.69, 9.17) is 4.74 Å². The van der Waals surface area contributed by atoms with Gasteiger partial charge in [0.1, 0.15) is 0 Å². The van der Waals surface area contributed by atoms with Crippen LogP contribution in [0.2, 0.25) is 0 Å². The first-order valence-corrected chi connectivity index (χ1v) is 7.90. The molecule has 0 unspecified atom stereocenters. The maximum atomic E-state index is 12.3. The number of ether oxygens (including phenoxy) is 1. The van der Waals surface area contributed by atoms with Crippen LogP contribution in [0.25, 0.3) is 0 Å². The second kappa shape index (κ2) is 5.22. The third kappa shape index (κ3) is 2.43. The summed E-state index contributed by atoms with van der Waals surface area (Å²) in [5.74, 6) is 0. The second-order valence-electron chi connectivity index (χ2n) is 4.09. The summed E-state index contributed by atoms with van der Waals surface area (Å²) in [5.41, 5.74) is 0. The molecule has 1 aliphatic rings. The summed E-state index contributed by atoms with van der Waals surface area (Å²) in [6.45, 7) is 2.18. The second-order valence-corrected chi connectivity index (χ2v) is 7.37. The van der Waals surface area contributed by atoms with Crippen molar-refractivity contribution >= 4 is 21.4 Å². The maximum Gasteiger partial charge on any atom is 0.254 e. The molecule has 8 heteroatoms. The first-order valence-electron chi connectivity index (χ1n) is 5.64. The molecule has 1 saturated heterocycles. The average molecular weight is 292 g/mol. The van der Waals surface area contributed by atoms with Crippen LogP contribution in [0.3, 0.4) is 0 Å². The summed E-state index contributed by atoms with van der Waals surface area (Å²) in [6, 6.07) is 0. The molecule has 0 aliphatic carbocycles. The van der Waals surface area contributed by atoms with Crippen LogP contribution < -0.4 is 0 Å². The minimum absolute atomic E-state index is 0.0696. The van der Waals surface area contributed by atoms with Crippen molar-refractivity contribution in [3.63, 3.8) is 0 Å². The van der Waals surface area contributed by atoms with E-state index in [0.29, 0.717) is 6.42 Å². The van der Waals surface area contributed by atoms with Gasteiger partial charge in [0.05, 0.1) is 23.4 Å². The first kappa shape index (κ1) is 13.9. The van der Waals surface area contributed by atoms with Gasteiger partial charge in [-0.2, -0.15) is 4.31 Å². The average Bonchev–Trinajstić information content (AvgIpc) is 2.95. The molecule has 2 rings (SSSR count). The van der Waals surface area contributed by atoms with Crippen molar-refractivity contribution in [2.75, 3.05) is 20.2 Å². The van der Waals surface area contributed by atoms with Crippen LogP contribution in [0.4, 0.5) is 0 Å². The van der Waals surface area contributed by atoms with Crippen LogP contribution in [0.5, 0.6) is 0 Å². The fraction of sp³-hybridized carbons (Fsp3) is 0.700. The van der Waals surface area contributed by atoms with E-state index in [9.17, 15) is 13.5 Å². The van der Waals surface area contributed by atoms with Crippen molar-refractivity contribution in [2.45, 2.75) is 29.8 Å². The van der Waals surface area contributed by atoms with Gasteiger partial charge in [0.15, 0.2) is 4.21 Å². The number of methoxy groups -OCH3 is 1. The molecule has 0 spiro atoms. The molecule has 18 heavy (non-hydrogen) atoms. The number of aromatic nitrogens is 1. The number of sulfonamides is 1. The predicted octanol–water partition coefficient (Wildman–Crippen LogP) is 0.0857. The zero-order valence-corrected chi connectivity index (χ0v) is 11.9. The Morgan fingerprint density at radius 3 is 2.83 bits per heavy atom. The Labute approximate surface area is 110 Å². The van der Waals surface area contributed by atoms with Crippen molar-refractivity contribution < 1.29 is 18.3 Å². The minimum Gasteiger partial charge on any atom is -0.389 e. The highest BCUT2D eigenvalue weighted by atomic mass is 32.2. The molecule has 1 aliphatic heterocycles. The van der Waals surface area contributed by atoms with Crippen LogP contribution in [-0.2, 0) is 21.2 Å². The summed E-state index contributed by atoms with van der Waals surface area (Å²) in [5, 5.41) is 10.5. The zero-order chi connectivity index (χ0) is 13.3. The standard InChI is InChI=1S/C10H16N2O4S2/c1-3-9-11-4-10(17-9)18(14,15)12-5-7(13)8(6-12)16-2/h4,7-8,13H,3,5-6H2,1-2H3/t7-,8-/m1/s1. The number of nitrogens with zero attached hydrogens (tertiary/aromatic N) is 2. The topological polar surface area (TPSA) is 79.7 Å². The van der Waals surface area contributed by atoms with Crippen molar-refractivity contribution in [3.8, 4) is 0 Å². The summed E-state index contributed by atoms with van der Waals surface area (Å²) in [7, 11) is -2.09. The highest BCUT2D eigenvalue weighted by Gasteiger charge is 2.39. The van der Waals surface area contributed by atoms with Gasteiger partial charge in [0, 0.05) is 20.2 Å². The quantitative estimate of drug-likeness (QED) is 0.850. The number of thiazole rings is 1. The number of rotatable bonds is 4. The summed E-state index contributed by atoms with van der Waals surface area (Å²) >= 11 is 1.17. The molecular weight excluding hydrogens is 276 g/mol. The molecule has 0 bridgehead atoms. The van der Waals surface area contributed by atoms with E-state index < -0.39 is 22.2 Å². The van der Waals surface area contributed by atoms with Gasteiger partial charge in [-0.3, -0.25) is 0 Å². The van der Waals surface area contributed by atoms with Crippen LogP contribution in [0.15, 0.2) is 10.4 Å². The largest absolute Gasteiger partial charge is 0.389 e. The van der Waals surface area contributed by atoms with Gasteiger partial charge in [-0.1, -0.05) is 6.92 Å². The molecule has 0 aromatic carbocycles. The van der Waals surface area contributed by atoms with Crippen molar-refractivity contribution in [3.05, 3.63) is 11.2 Å². The Bertz CT molecular complexity index is 514. The van der Waals surface area contributed by atoms with E-state index in [-0.39, 0.29) is 17.3 Å². The summed E-state index contributed by atoms with van der Waals surface area (Å²) in [4.78, 5) is 4.05. The third-order valence-corrected chi connectivity index (χ3v) is 6.35. The number of aliphatic hydroxyl groups is 1. The van der Waals surface area contributed by atoms with Gasteiger partial charge >= 0.3 is 0 Å². The highest BCUT2D eigenvalue weighted by Crippen LogP contribution is 2.26. The van der Waals surface area contributed by atoms with Crippen LogP contribution in [0.1, 0.15) is 11.9 Å². The highest BCUT2D eigenvalue weighted by molar-refractivity contribution is 7.91. The lowest BCUT2D eigenvalue weighted by molar-refractivity contribution is 0.0216. The number of hydrogen-bond donors (Lipinski definition) is 1. The number of aliphatic hydroxyl groups excluding tert-OH is 1. The monoisotopic (exact) mass is 292 g/mol. The lowest BCUT2D eigenvalue weighted by Crippen LogP contribution is -2.29. The lowest BCUT2D eigenvalue weighted by atomic mass is 10.3. The van der Waals surface area contributed by atoms with Crippen LogP contribution in [0, 0.1) is 0 Å². The fourth-order valence-electron chi connectivity index (χ4n) is 1.85. The Kier molecular flexibility index (Phi) is 4.02. The van der Waals surface area contributed by atoms with Gasteiger partial charge in [0.25, 0.3) is 10.0 Å². The van der Waals surface area contributed by atoms with Gasteiger partial charge in [-0.05, 0) is 6.42 Å². The van der Waals surface area contributed by atoms with E-state index >= 15 is 0 Å². The third-order valence-electron chi connectivity index (χ3n) is 2.94. The van der Waals surface area contributed by atoms with Crippen molar-refractivity contribution in [1.82, 2.24) is 9.29 Å². The summed E-state index contributed by atoms with van der Waals surface area (Å²) in [6.07, 6.45) is 0.858. The normalized spacial score (nSPS) is 25.7. The van der Waals surface area contributed by atoms with Gasteiger partial charge in [-0.25, -0.2) is 13.4 Å². The van der Waals surface area contributed by atoms with Gasteiger partial charge in [-0.15, -0.1) is 11.3 Å².